The summed E-state index contributed by atoms with van der Waals surface area (Å²) in [4.78, 5) is 4.31. The van der Waals surface area contributed by atoms with Crippen LogP contribution in [-0.4, -0.2) is 19.7 Å². The van der Waals surface area contributed by atoms with Crippen LogP contribution < -0.4 is 5.32 Å². The number of nitrogens with zero attached hydrogens (tertiary/aromatic N) is 4. The number of rotatable bonds is 5. The molecule has 3 aromatic rings. The summed E-state index contributed by atoms with van der Waals surface area (Å²) < 4.78 is 7.62. The molecule has 1 saturated carbocycles. The van der Waals surface area contributed by atoms with Crippen LogP contribution in [0.15, 0.2) is 47.3 Å². The van der Waals surface area contributed by atoms with Gasteiger partial charge in [0.1, 0.15) is 12.1 Å². The largest absolute Gasteiger partial charge is 0.444 e. The van der Waals surface area contributed by atoms with Crippen LogP contribution in [-0.2, 0) is 6.54 Å². The van der Waals surface area contributed by atoms with Crippen LogP contribution in [0.25, 0.3) is 5.69 Å². The van der Waals surface area contributed by atoms with E-state index in [-0.39, 0.29) is 0 Å². The molecule has 1 aliphatic carbocycles. The highest BCUT2D eigenvalue weighted by Crippen LogP contribution is 2.39. The van der Waals surface area contributed by atoms with Crippen molar-refractivity contribution in [1.29, 1.82) is 0 Å². The van der Waals surface area contributed by atoms with Crippen LogP contribution in [0.2, 0.25) is 0 Å². The molecule has 106 valence electrons. The Morgan fingerprint density at radius 2 is 2.10 bits per heavy atom. The van der Waals surface area contributed by atoms with Crippen molar-refractivity contribution in [2.75, 3.05) is 5.32 Å². The first-order valence-corrected chi connectivity index (χ1v) is 7.04. The van der Waals surface area contributed by atoms with Gasteiger partial charge >= 0.3 is 0 Å². The van der Waals surface area contributed by atoms with E-state index in [9.17, 15) is 0 Å². The zero-order valence-corrected chi connectivity index (χ0v) is 11.4. The number of para-hydroxylation sites is 1. The van der Waals surface area contributed by atoms with Gasteiger partial charge in [-0.25, -0.2) is 4.98 Å². The smallest absolute Gasteiger partial charge is 0.229 e. The molecule has 0 unspecified atom stereocenters. The Balaban J connectivity index is 1.48. The third kappa shape index (κ3) is 2.52. The molecule has 6 heteroatoms. The van der Waals surface area contributed by atoms with Crippen molar-refractivity contribution in [1.82, 2.24) is 19.7 Å². The summed E-state index contributed by atoms with van der Waals surface area (Å²) in [5.74, 6) is 2.90. The molecule has 0 amide bonds. The third-order valence-electron chi connectivity index (χ3n) is 3.50. The maximum atomic E-state index is 5.72. The molecule has 0 radical (unpaired) electrons. The lowest BCUT2D eigenvalue weighted by Crippen LogP contribution is -2.05. The second-order valence-corrected chi connectivity index (χ2v) is 5.15. The lowest BCUT2D eigenvalue weighted by atomic mass is 10.3. The lowest BCUT2D eigenvalue weighted by molar-refractivity contribution is 0.461. The van der Waals surface area contributed by atoms with Gasteiger partial charge in [-0.2, -0.15) is 0 Å². The molecular weight excluding hydrogens is 266 g/mol. The SMILES string of the molecule is c1ccc(-n2cnnc2NCc2cnc(C3CC3)o2)cc1. The van der Waals surface area contributed by atoms with Gasteiger partial charge in [0.25, 0.3) is 0 Å². The average molecular weight is 281 g/mol. The summed E-state index contributed by atoms with van der Waals surface area (Å²) in [7, 11) is 0. The minimum Gasteiger partial charge on any atom is -0.444 e. The molecule has 0 spiro atoms. The zero-order chi connectivity index (χ0) is 14.1. The van der Waals surface area contributed by atoms with Gasteiger partial charge in [0.2, 0.25) is 5.95 Å². The van der Waals surface area contributed by atoms with E-state index in [1.54, 1.807) is 12.5 Å². The molecule has 0 aliphatic heterocycles. The number of hydrogen-bond acceptors (Lipinski definition) is 5. The van der Waals surface area contributed by atoms with Gasteiger partial charge in [0.15, 0.2) is 5.89 Å². The van der Waals surface area contributed by atoms with Crippen LogP contribution in [0.4, 0.5) is 5.95 Å². The van der Waals surface area contributed by atoms with Crippen molar-refractivity contribution in [3.63, 3.8) is 0 Å². The van der Waals surface area contributed by atoms with Crippen LogP contribution in [0.3, 0.4) is 0 Å². The Kier molecular flexibility index (Phi) is 2.92. The van der Waals surface area contributed by atoms with Gasteiger partial charge in [-0.1, -0.05) is 18.2 Å². The molecule has 0 atom stereocenters. The van der Waals surface area contributed by atoms with E-state index in [4.69, 9.17) is 4.42 Å². The Bertz CT molecular complexity index is 729. The van der Waals surface area contributed by atoms with Crippen LogP contribution in [0.5, 0.6) is 0 Å². The van der Waals surface area contributed by atoms with Gasteiger partial charge in [-0.05, 0) is 25.0 Å². The predicted octanol–water partition coefficient (Wildman–Crippen LogP) is 2.74. The first-order valence-electron chi connectivity index (χ1n) is 7.04. The first kappa shape index (κ1) is 12.1. The van der Waals surface area contributed by atoms with Crippen molar-refractivity contribution < 1.29 is 4.42 Å². The highest BCUT2D eigenvalue weighted by atomic mass is 16.4. The Morgan fingerprint density at radius 3 is 2.90 bits per heavy atom. The predicted molar refractivity (Wildman–Crippen MR) is 77.2 cm³/mol. The van der Waals surface area contributed by atoms with E-state index in [0.717, 1.165) is 17.3 Å². The molecule has 1 aromatic carbocycles. The fourth-order valence-electron chi connectivity index (χ4n) is 2.22. The fraction of sp³-hybridized carbons (Fsp3) is 0.267. The van der Waals surface area contributed by atoms with Crippen molar-refractivity contribution >= 4 is 5.95 Å². The van der Waals surface area contributed by atoms with E-state index in [0.29, 0.717) is 18.4 Å². The van der Waals surface area contributed by atoms with Crippen LogP contribution in [0, 0.1) is 0 Å². The second kappa shape index (κ2) is 5.05. The summed E-state index contributed by atoms with van der Waals surface area (Å²) in [6, 6.07) is 9.96. The molecule has 0 bridgehead atoms. The molecule has 21 heavy (non-hydrogen) atoms. The van der Waals surface area contributed by atoms with Gasteiger partial charge in [-0.3, -0.25) is 4.57 Å². The first-order chi connectivity index (χ1) is 10.4. The van der Waals surface area contributed by atoms with E-state index >= 15 is 0 Å². The van der Waals surface area contributed by atoms with Crippen LogP contribution >= 0.6 is 0 Å². The summed E-state index contributed by atoms with van der Waals surface area (Å²) >= 11 is 0. The van der Waals surface area contributed by atoms with Crippen molar-refractivity contribution in [3.05, 3.63) is 54.5 Å². The number of hydrogen-bond donors (Lipinski definition) is 1. The number of oxazole rings is 1. The van der Waals surface area contributed by atoms with E-state index < -0.39 is 0 Å². The molecule has 6 nitrogen and oxygen atoms in total. The third-order valence-corrected chi connectivity index (χ3v) is 3.50. The molecule has 2 aromatic heterocycles. The minimum atomic E-state index is 0.534. The number of aromatic nitrogens is 4. The standard InChI is InChI=1S/C15H15N5O/c1-2-4-12(5-3-1)20-10-18-19-15(20)17-9-13-8-16-14(21-13)11-6-7-11/h1-5,8,10-11H,6-7,9H2,(H,17,19). The summed E-state index contributed by atoms with van der Waals surface area (Å²) in [6.07, 6.45) is 5.85. The lowest BCUT2D eigenvalue weighted by Gasteiger charge is -2.07. The topological polar surface area (TPSA) is 68.8 Å². The quantitative estimate of drug-likeness (QED) is 0.778. The van der Waals surface area contributed by atoms with E-state index in [2.05, 4.69) is 20.5 Å². The molecular formula is C15H15N5O. The molecule has 2 heterocycles. The second-order valence-electron chi connectivity index (χ2n) is 5.15. The molecule has 1 N–H and O–H groups in total. The summed E-state index contributed by atoms with van der Waals surface area (Å²) in [5.41, 5.74) is 1.02. The Morgan fingerprint density at radius 1 is 1.24 bits per heavy atom. The molecule has 4 rings (SSSR count). The summed E-state index contributed by atoms with van der Waals surface area (Å²) in [5, 5.41) is 11.3. The van der Waals surface area contributed by atoms with Gasteiger partial charge in [-0.15, -0.1) is 10.2 Å². The number of anilines is 1. The Hall–Kier alpha value is -2.63. The van der Waals surface area contributed by atoms with E-state index in [1.807, 2.05) is 34.9 Å². The maximum Gasteiger partial charge on any atom is 0.229 e. The van der Waals surface area contributed by atoms with Gasteiger partial charge < -0.3 is 9.73 Å². The normalized spacial score (nSPS) is 14.3. The van der Waals surface area contributed by atoms with Gasteiger partial charge in [0, 0.05) is 5.92 Å². The zero-order valence-electron chi connectivity index (χ0n) is 11.4. The Labute approximate surface area is 121 Å². The highest BCUT2D eigenvalue weighted by Gasteiger charge is 2.28. The van der Waals surface area contributed by atoms with Crippen molar-refractivity contribution in [2.45, 2.75) is 25.3 Å². The molecule has 1 fully saturated rings. The average Bonchev–Trinajstić information content (AvgIpc) is 3.10. The minimum absolute atomic E-state index is 0.534. The van der Waals surface area contributed by atoms with E-state index in [1.165, 1.54) is 12.8 Å². The summed E-state index contributed by atoms with van der Waals surface area (Å²) in [6.45, 7) is 0.547. The molecule has 0 saturated heterocycles. The molecule has 1 aliphatic rings. The fourth-order valence-corrected chi connectivity index (χ4v) is 2.22. The number of nitrogens with one attached hydrogen (secondary N) is 1. The van der Waals surface area contributed by atoms with Crippen molar-refractivity contribution in [3.8, 4) is 5.69 Å². The maximum absolute atomic E-state index is 5.72. The number of benzene rings is 1. The van der Waals surface area contributed by atoms with Crippen molar-refractivity contribution in [2.24, 2.45) is 0 Å². The van der Waals surface area contributed by atoms with Gasteiger partial charge in [0.05, 0.1) is 18.4 Å². The highest BCUT2D eigenvalue weighted by molar-refractivity contribution is 5.40. The monoisotopic (exact) mass is 281 g/mol. The van der Waals surface area contributed by atoms with Crippen LogP contribution in [0.1, 0.15) is 30.4 Å².